The zero-order chi connectivity index (χ0) is 14.0. The molecule has 0 aliphatic carbocycles. The van der Waals surface area contributed by atoms with Crippen molar-refractivity contribution >= 4 is 11.6 Å². The number of ether oxygens (including phenoxy) is 1. The van der Waals surface area contributed by atoms with Crippen LogP contribution in [0.1, 0.15) is 22.8 Å². The van der Waals surface area contributed by atoms with Crippen LogP contribution in [0.15, 0.2) is 18.2 Å². The molecule has 6 heteroatoms. The highest BCUT2D eigenvalue weighted by atomic mass is 16.6. The molecule has 0 aromatic heterocycles. The average Bonchev–Trinajstić information content (AvgIpc) is 2.38. The summed E-state index contributed by atoms with van der Waals surface area (Å²) < 4.78 is 5.29. The summed E-state index contributed by atoms with van der Waals surface area (Å²) >= 11 is 0. The Hall–Kier alpha value is -1.95. The Morgan fingerprint density at radius 1 is 1.53 bits per heavy atom. The summed E-state index contributed by atoms with van der Waals surface area (Å²) in [6, 6.07) is 4.57. The minimum atomic E-state index is -0.463. The van der Waals surface area contributed by atoms with E-state index in [0.29, 0.717) is 30.9 Å². The van der Waals surface area contributed by atoms with Gasteiger partial charge in [0.15, 0.2) is 0 Å². The standard InChI is InChI=1S/C13H16N2O4/c1-9-8-19-7-6-14(9)13(16)11-4-3-5-12(10(11)2)15(17)18/h3-5,9H,6-8H2,1-2H3/t9-/m0/s1. The van der Waals surface area contributed by atoms with Crippen LogP contribution in [0, 0.1) is 17.0 Å². The quantitative estimate of drug-likeness (QED) is 0.602. The molecule has 2 rings (SSSR count). The van der Waals surface area contributed by atoms with Crippen LogP contribution in [0.2, 0.25) is 0 Å². The normalized spacial score (nSPS) is 19.3. The number of nitro benzene ring substituents is 1. The molecule has 1 fully saturated rings. The third kappa shape index (κ3) is 2.58. The number of carbonyl (C=O) groups is 1. The molecule has 1 heterocycles. The van der Waals surface area contributed by atoms with Gasteiger partial charge in [-0.3, -0.25) is 14.9 Å². The minimum Gasteiger partial charge on any atom is -0.377 e. The van der Waals surface area contributed by atoms with Gasteiger partial charge in [0.25, 0.3) is 11.6 Å². The predicted molar refractivity (Wildman–Crippen MR) is 69.2 cm³/mol. The van der Waals surface area contributed by atoms with Crippen LogP contribution < -0.4 is 0 Å². The van der Waals surface area contributed by atoms with E-state index < -0.39 is 4.92 Å². The maximum absolute atomic E-state index is 12.5. The summed E-state index contributed by atoms with van der Waals surface area (Å²) in [6.45, 7) is 5.03. The second-order valence-corrected chi connectivity index (χ2v) is 4.63. The largest absolute Gasteiger partial charge is 0.377 e. The molecule has 102 valence electrons. The van der Waals surface area contributed by atoms with Gasteiger partial charge in [-0.1, -0.05) is 6.07 Å². The van der Waals surface area contributed by atoms with Gasteiger partial charge in [-0.2, -0.15) is 0 Å². The SMILES string of the molecule is Cc1c(C(=O)N2CCOC[C@@H]2C)cccc1[N+](=O)[O-]. The van der Waals surface area contributed by atoms with E-state index in [1.807, 2.05) is 6.92 Å². The van der Waals surface area contributed by atoms with Gasteiger partial charge in [0, 0.05) is 23.7 Å². The van der Waals surface area contributed by atoms with Crippen LogP contribution in [0.25, 0.3) is 0 Å². The minimum absolute atomic E-state index is 0.0140. The molecule has 1 atom stereocenters. The maximum Gasteiger partial charge on any atom is 0.273 e. The van der Waals surface area contributed by atoms with Crippen LogP contribution in [-0.4, -0.2) is 41.5 Å². The topological polar surface area (TPSA) is 72.7 Å². The van der Waals surface area contributed by atoms with Gasteiger partial charge in [-0.05, 0) is 19.9 Å². The lowest BCUT2D eigenvalue weighted by Gasteiger charge is -2.33. The Morgan fingerprint density at radius 3 is 2.89 bits per heavy atom. The number of amides is 1. The fraction of sp³-hybridized carbons (Fsp3) is 0.462. The van der Waals surface area contributed by atoms with E-state index in [0.717, 1.165) is 0 Å². The summed E-state index contributed by atoms with van der Waals surface area (Å²) in [5.74, 6) is -0.169. The second-order valence-electron chi connectivity index (χ2n) is 4.63. The van der Waals surface area contributed by atoms with E-state index in [-0.39, 0.29) is 17.6 Å². The number of benzene rings is 1. The average molecular weight is 264 g/mol. The molecule has 1 aromatic rings. The third-order valence-electron chi connectivity index (χ3n) is 3.36. The summed E-state index contributed by atoms with van der Waals surface area (Å²) in [4.78, 5) is 24.6. The molecule has 0 radical (unpaired) electrons. The van der Waals surface area contributed by atoms with E-state index in [1.165, 1.54) is 6.07 Å². The first-order valence-electron chi connectivity index (χ1n) is 6.15. The fourth-order valence-electron chi connectivity index (χ4n) is 2.24. The van der Waals surface area contributed by atoms with Crippen molar-refractivity contribution in [2.75, 3.05) is 19.8 Å². The van der Waals surface area contributed by atoms with Crippen LogP contribution >= 0.6 is 0 Å². The molecule has 1 aliphatic heterocycles. The van der Waals surface area contributed by atoms with E-state index in [2.05, 4.69) is 0 Å². The van der Waals surface area contributed by atoms with Gasteiger partial charge in [-0.25, -0.2) is 0 Å². The van der Waals surface area contributed by atoms with E-state index in [1.54, 1.807) is 24.0 Å². The molecule has 19 heavy (non-hydrogen) atoms. The van der Waals surface area contributed by atoms with Gasteiger partial charge in [-0.15, -0.1) is 0 Å². The zero-order valence-electron chi connectivity index (χ0n) is 11.0. The monoisotopic (exact) mass is 264 g/mol. The number of hydrogen-bond acceptors (Lipinski definition) is 4. The Morgan fingerprint density at radius 2 is 2.26 bits per heavy atom. The summed E-state index contributed by atoms with van der Waals surface area (Å²) in [5, 5.41) is 10.9. The number of carbonyl (C=O) groups excluding carboxylic acids is 1. The predicted octanol–water partition coefficient (Wildman–Crippen LogP) is 1.76. The summed E-state index contributed by atoms with van der Waals surface area (Å²) in [7, 11) is 0. The number of hydrogen-bond donors (Lipinski definition) is 0. The number of nitro groups is 1. The highest BCUT2D eigenvalue weighted by Gasteiger charge is 2.27. The van der Waals surface area contributed by atoms with Crippen molar-refractivity contribution in [1.82, 2.24) is 4.90 Å². The highest BCUT2D eigenvalue weighted by molar-refractivity contribution is 5.96. The third-order valence-corrected chi connectivity index (χ3v) is 3.36. The van der Waals surface area contributed by atoms with Crippen molar-refractivity contribution in [1.29, 1.82) is 0 Å². The molecule has 0 bridgehead atoms. The first kappa shape index (κ1) is 13.5. The van der Waals surface area contributed by atoms with Crippen molar-refractivity contribution < 1.29 is 14.5 Å². The van der Waals surface area contributed by atoms with Gasteiger partial charge in [0.05, 0.1) is 24.2 Å². The highest BCUT2D eigenvalue weighted by Crippen LogP contribution is 2.23. The van der Waals surface area contributed by atoms with Crippen molar-refractivity contribution in [3.63, 3.8) is 0 Å². The summed E-state index contributed by atoms with van der Waals surface area (Å²) in [6.07, 6.45) is 0. The van der Waals surface area contributed by atoms with Crippen LogP contribution in [0.5, 0.6) is 0 Å². The molecule has 1 amide bonds. The van der Waals surface area contributed by atoms with Crippen LogP contribution in [-0.2, 0) is 4.74 Å². The van der Waals surface area contributed by atoms with Crippen molar-refractivity contribution in [2.24, 2.45) is 0 Å². The molecular formula is C13H16N2O4. The molecule has 0 spiro atoms. The Balaban J connectivity index is 2.33. The molecule has 1 aliphatic rings. The van der Waals surface area contributed by atoms with Crippen molar-refractivity contribution in [3.05, 3.63) is 39.4 Å². The number of nitrogens with zero attached hydrogens (tertiary/aromatic N) is 2. The molecular weight excluding hydrogens is 248 g/mol. The molecule has 0 saturated carbocycles. The van der Waals surface area contributed by atoms with Gasteiger partial charge in [0.2, 0.25) is 0 Å². The van der Waals surface area contributed by atoms with Crippen LogP contribution in [0.3, 0.4) is 0 Å². The first-order chi connectivity index (χ1) is 9.02. The Bertz CT molecular complexity index is 515. The lowest BCUT2D eigenvalue weighted by Crippen LogP contribution is -2.47. The molecule has 0 N–H and O–H groups in total. The van der Waals surface area contributed by atoms with Gasteiger partial charge in [0.1, 0.15) is 0 Å². The molecule has 0 unspecified atom stereocenters. The van der Waals surface area contributed by atoms with E-state index in [4.69, 9.17) is 4.74 Å². The second kappa shape index (κ2) is 5.36. The Kier molecular flexibility index (Phi) is 3.80. The maximum atomic E-state index is 12.5. The van der Waals surface area contributed by atoms with E-state index >= 15 is 0 Å². The van der Waals surface area contributed by atoms with Crippen molar-refractivity contribution in [3.8, 4) is 0 Å². The van der Waals surface area contributed by atoms with Crippen molar-refractivity contribution in [2.45, 2.75) is 19.9 Å². The number of rotatable bonds is 2. The number of morpholine rings is 1. The first-order valence-corrected chi connectivity index (χ1v) is 6.15. The summed E-state index contributed by atoms with van der Waals surface area (Å²) in [5.41, 5.74) is 0.783. The zero-order valence-corrected chi connectivity index (χ0v) is 11.0. The lowest BCUT2D eigenvalue weighted by molar-refractivity contribution is -0.385. The molecule has 1 aromatic carbocycles. The fourth-order valence-corrected chi connectivity index (χ4v) is 2.24. The molecule has 1 saturated heterocycles. The molecule has 6 nitrogen and oxygen atoms in total. The van der Waals surface area contributed by atoms with Crippen LogP contribution in [0.4, 0.5) is 5.69 Å². The van der Waals surface area contributed by atoms with Gasteiger partial charge < -0.3 is 9.64 Å². The smallest absolute Gasteiger partial charge is 0.273 e. The Labute approximate surface area is 111 Å². The van der Waals surface area contributed by atoms with E-state index in [9.17, 15) is 14.9 Å². The lowest BCUT2D eigenvalue weighted by atomic mass is 10.0. The van der Waals surface area contributed by atoms with Gasteiger partial charge >= 0.3 is 0 Å².